The number of aryl methyl sites for hydroxylation is 2. The summed E-state index contributed by atoms with van der Waals surface area (Å²) in [5.74, 6) is 0.317. The molecule has 5 rings (SSSR count). The molecule has 0 radical (unpaired) electrons. The minimum atomic E-state index is -0.108. The van der Waals surface area contributed by atoms with Crippen molar-refractivity contribution in [2.75, 3.05) is 12.3 Å². The number of thiophene rings is 1. The molecule has 0 saturated heterocycles. The van der Waals surface area contributed by atoms with Gasteiger partial charge in [-0.05, 0) is 60.5 Å². The van der Waals surface area contributed by atoms with Gasteiger partial charge in [0.15, 0.2) is 5.16 Å². The third kappa shape index (κ3) is 3.76. The van der Waals surface area contributed by atoms with Crippen molar-refractivity contribution < 1.29 is 4.79 Å². The lowest BCUT2D eigenvalue weighted by Crippen LogP contribution is -2.36. The standard InChI is InChI=1S/C25H23N3O2S2/c1-16-6-5-7-17(2)23(16)28-24(30)19-8-3-4-9-20(19)26-25(28)32-15-22(29)27-12-10-21-18(14-27)11-13-31-21/h3-9,11,13H,10,12,14-15H2,1-2H3. The first-order valence-electron chi connectivity index (χ1n) is 10.6. The van der Waals surface area contributed by atoms with E-state index >= 15 is 0 Å². The van der Waals surface area contributed by atoms with Gasteiger partial charge in [-0.15, -0.1) is 11.3 Å². The van der Waals surface area contributed by atoms with E-state index in [2.05, 4.69) is 11.4 Å². The molecule has 1 aliphatic rings. The maximum Gasteiger partial charge on any atom is 0.266 e. The van der Waals surface area contributed by atoms with Gasteiger partial charge >= 0.3 is 0 Å². The summed E-state index contributed by atoms with van der Waals surface area (Å²) in [6, 6.07) is 15.5. The number of para-hydroxylation sites is 2. The van der Waals surface area contributed by atoms with Crippen molar-refractivity contribution in [2.45, 2.75) is 32.0 Å². The van der Waals surface area contributed by atoms with Crippen molar-refractivity contribution in [1.29, 1.82) is 0 Å². The van der Waals surface area contributed by atoms with Crippen LogP contribution < -0.4 is 5.56 Å². The van der Waals surface area contributed by atoms with Crippen LogP contribution in [0.15, 0.2) is 63.9 Å². The fraction of sp³-hybridized carbons (Fsp3) is 0.240. The fourth-order valence-corrected chi connectivity index (χ4v) is 6.03. The maximum atomic E-state index is 13.5. The number of nitrogens with zero attached hydrogens (tertiary/aromatic N) is 3. The number of rotatable bonds is 4. The Kier molecular flexibility index (Phi) is 5.61. The predicted octanol–water partition coefficient (Wildman–Crippen LogP) is 4.74. The molecule has 3 heterocycles. The van der Waals surface area contributed by atoms with E-state index in [0.717, 1.165) is 29.8 Å². The minimum Gasteiger partial charge on any atom is -0.337 e. The van der Waals surface area contributed by atoms with Crippen molar-refractivity contribution >= 4 is 39.9 Å². The summed E-state index contributed by atoms with van der Waals surface area (Å²) in [5.41, 5.74) is 4.62. The third-order valence-corrected chi connectivity index (χ3v) is 7.84. The monoisotopic (exact) mass is 461 g/mol. The molecule has 0 N–H and O–H groups in total. The van der Waals surface area contributed by atoms with Crippen molar-refractivity contribution in [3.63, 3.8) is 0 Å². The number of hydrogen-bond donors (Lipinski definition) is 0. The summed E-state index contributed by atoms with van der Waals surface area (Å²) in [4.78, 5) is 34.6. The molecule has 162 valence electrons. The van der Waals surface area contributed by atoms with Gasteiger partial charge in [0.05, 0.1) is 22.3 Å². The quantitative estimate of drug-likeness (QED) is 0.325. The molecular formula is C25H23N3O2S2. The van der Waals surface area contributed by atoms with Crippen LogP contribution in [0.2, 0.25) is 0 Å². The Morgan fingerprint density at radius 1 is 1.09 bits per heavy atom. The second-order valence-electron chi connectivity index (χ2n) is 8.02. The lowest BCUT2D eigenvalue weighted by Gasteiger charge is -2.27. The highest BCUT2D eigenvalue weighted by Gasteiger charge is 2.23. The minimum absolute atomic E-state index is 0.0716. The molecule has 2 aromatic carbocycles. The zero-order chi connectivity index (χ0) is 22.2. The average Bonchev–Trinajstić information content (AvgIpc) is 3.27. The Morgan fingerprint density at radius 2 is 1.88 bits per heavy atom. The molecule has 1 aliphatic heterocycles. The number of thioether (sulfide) groups is 1. The van der Waals surface area contributed by atoms with Crippen molar-refractivity contribution in [3.8, 4) is 5.69 Å². The predicted molar refractivity (Wildman–Crippen MR) is 131 cm³/mol. The Balaban J connectivity index is 1.51. The normalized spacial score (nSPS) is 13.4. The SMILES string of the molecule is Cc1cccc(C)c1-n1c(SCC(=O)N2CCc3sccc3C2)nc2ccccc2c1=O. The van der Waals surface area contributed by atoms with Gasteiger partial charge in [0.25, 0.3) is 5.56 Å². The summed E-state index contributed by atoms with van der Waals surface area (Å²) in [6.07, 6.45) is 0.907. The van der Waals surface area contributed by atoms with Crippen LogP contribution in [0.5, 0.6) is 0 Å². The molecule has 2 aromatic heterocycles. The first-order chi connectivity index (χ1) is 15.5. The van der Waals surface area contributed by atoms with Crippen LogP contribution in [0.25, 0.3) is 16.6 Å². The maximum absolute atomic E-state index is 13.5. The number of fused-ring (bicyclic) bond motifs is 2. The van der Waals surface area contributed by atoms with Gasteiger partial charge in [0, 0.05) is 18.0 Å². The number of hydrogen-bond acceptors (Lipinski definition) is 5. The van der Waals surface area contributed by atoms with E-state index in [1.54, 1.807) is 22.0 Å². The lowest BCUT2D eigenvalue weighted by molar-refractivity contribution is -0.129. The van der Waals surface area contributed by atoms with Crippen molar-refractivity contribution in [1.82, 2.24) is 14.5 Å². The van der Waals surface area contributed by atoms with E-state index in [1.807, 2.05) is 55.1 Å². The zero-order valence-corrected chi connectivity index (χ0v) is 19.6. The molecule has 32 heavy (non-hydrogen) atoms. The van der Waals surface area contributed by atoms with Crippen LogP contribution in [0.3, 0.4) is 0 Å². The number of carbonyl (C=O) groups is 1. The van der Waals surface area contributed by atoms with E-state index in [1.165, 1.54) is 22.2 Å². The van der Waals surface area contributed by atoms with Gasteiger partial charge in [-0.2, -0.15) is 0 Å². The molecule has 4 aromatic rings. The second-order valence-corrected chi connectivity index (χ2v) is 9.96. The molecule has 0 spiro atoms. The molecule has 0 fully saturated rings. The summed E-state index contributed by atoms with van der Waals surface area (Å²) < 4.78 is 1.68. The molecule has 0 aliphatic carbocycles. The van der Waals surface area contributed by atoms with E-state index in [9.17, 15) is 9.59 Å². The first kappa shape index (κ1) is 21.0. The molecule has 5 nitrogen and oxygen atoms in total. The lowest BCUT2D eigenvalue weighted by atomic mass is 10.1. The molecule has 7 heteroatoms. The smallest absolute Gasteiger partial charge is 0.266 e. The Hall–Kier alpha value is -2.90. The van der Waals surface area contributed by atoms with Gasteiger partial charge in [-0.1, -0.05) is 42.1 Å². The van der Waals surface area contributed by atoms with Gasteiger partial charge in [0.1, 0.15) is 0 Å². The van der Waals surface area contributed by atoms with Crippen molar-refractivity contribution in [2.24, 2.45) is 0 Å². The molecule has 0 saturated carbocycles. The Morgan fingerprint density at radius 3 is 2.69 bits per heavy atom. The number of aromatic nitrogens is 2. The highest BCUT2D eigenvalue weighted by molar-refractivity contribution is 7.99. The second kappa shape index (κ2) is 8.56. The van der Waals surface area contributed by atoms with Gasteiger partial charge in [-0.25, -0.2) is 4.98 Å². The summed E-state index contributed by atoms with van der Waals surface area (Å²) in [5, 5.41) is 3.22. The van der Waals surface area contributed by atoms with Crippen molar-refractivity contribution in [3.05, 3.63) is 85.8 Å². The third-order valence-electron chi connectivity index (χ3n) is 5.89. The highest BCUT2D eigenvalue weighted by Crippen LogP contribution is 2.27. The van der Waals surface area contributed by atoms with E-state index in [0.29, 0.717) is 22.6 Å². The van der Waals surface area contributed by atoms with Crippen LogP contribution >= 0.6 is 23.1 Å². The van der Waals surface area contributed by atoms with Gasteiger partial charge in [0.2, 0.25) is 5.91 Å². The largest absolute Gasteiger partial charge is 0.337 e. The summed E-state index contributed by atoms with van der Waals surface area (Å²) in [7, 11) is 0. The first-order valence-corrected chi connectivity index (χ1v) is 12.4. The number of benzene rings is 2. The summed E-state index contributed by atoms with van der Waals surface area (Å²) >= 11 is 3.10. The van der Waals surface area contributed by atoms with Gasteiger partial charge in [-0.3, -0.25) is 14.2 Å². The molecule has 0 unspecified atom stereocenters. The van der Waals surface area contributed by atoms with E-state index < -0.39 is 0 Å². The number of carbonyl (C=O) groups excluding carboxylic acids is 1. The Labute approximate surface area is 194 Å². The van der Waals surface area contributed by atoms with Crippen LogP contribution in [0.4, 0.5) is 0 Å². The topological polar surface area (TPSA) is 55.2 Å². The van der Waals surface area contributed by atoms with Crippen LogP contribution in [-0.4, -0.2) is 32.7 Å². The van der Waals surface area contributed by atoms with Crippen LogP contribution in [-0.2, 0) is 17.8 Å². The van der Waals surface area contributed by atoms with E-state index in [4.69, 9.17) is 4.98 Å². The van der Waals surface area contributed by atoms with Crippen LogP contribution in [0, 0.1) is 13.8 Å². The zero-order valence-electron chi connectivity index (χ0n) is 18.0. The van der Waals surface area contributed by atoms with Gasteiger partial charge < -0.3 is 4.90 Å². The molecule has 0 bridgehead atoms. The molecule has 1 amide bonds. The average molecular weight is 462 g/mol. The highest BCUT2D eigenvalue weighted by atomic mass is 32.2. The van der Waals surface area contributed by atoms with E-state index in [-0.39, 0.29) is 17.2 Å². The fourth-order valence-electron chi connectivity index (χ4n) is 4.24. The molecule has 0 atom stereocenters. The number of amides is 1. The van der Waals surface area contributed by atoms with Crippen LogP contribution in [0.1, 0.15) is 21.6 Å². The molecular weight excluding hydrogens is 438 g/mol. The summed E-state index contributed by atoms with van der Waals surface area (Å²) in [6.45, 7) is 5.39. The Bertz CT molecular complexity index is 1370.